The Balaban J connectivity index is 2.72. The lowest BCUT2D eigenvalue weighted by molar-refractivity contribution is 0.0602. The zero-order valence-corrected chi connectivity index (χ0v) is 8.49. The Morgan fingerprint density at radius 1 is 1.60 bits per heavy atom. The normalized spacial score (nSPS) is 10.5. The van der Waals surface area contributed by atoms with Gasteiger partial charge in [-0.3, -0.25) is 0 Å². The van der Waals surface area contributed by atoms with E-state index in [0.29, 0.717) is 11.2 Å². The molecule has 5 nitrogen and oxygen atoms in total. The topological polar surface area (TPSA) is 57.0 Å². The SMILES string of the molecule is COC(=O)c1ccnc2ncn(SF)c12. The minimum atomic E-state index is -0.543. The van der Waals surface area contributed by atoms with Crippen molar-refractivity contribution >= 4 is 29.5 Å². The number of carbonyl (C=O) groups is 1. The van der Waals surface area contributed by atoms with Crippen molar-refractivity contribution in [3.63, 3.8) is 0 Å². The highest BCUT2D eigenvalue weighted by Crippen LogP contribution is 2.21. The molecule has 0 saturated heterocycles. The number of pyridine rings is 1. The molecule has 2 rings (SSSR count). The van der Waals surface area contributed by atoms with E-state index in [0.717, 1.165) is 3.97 Å². The van der Waals surface area contributed by atoms with Crippen LogP contribution < -0.4 is 0 Å². The Morgan fingerprint density at radius 2 is 2.40 bits per heavy atom. The highest BCUT2D eigenvalue weighted by atomic mass is 32.2. The molecule has 0 fully saturated rings. The summed E-state index contributed by atoms with van der Waals surface area (Å²) in [7, 11) is 1.26. The number of fused-ring (bicyclic) bond motifs is 1. The lowest BCUT2D eigenvalue weighted by atomic mass is 10.2. The summed E-state index contributed by atoms with van der Waals surface area (Å²) in [4.78, 5) is 19.1. The molecular formula is C8H6FN3O2S. The molecule has 0 aliphatic heterocycles. The number of hydrogen-bond donors (Lipinski definition) is 0. The number of methoxy groups -OCH3 is 1. The van der Waals surface area contributed by atoms with Crippen LogP contribution in [0.3, 0.4) is 0 Å². The average molecular weight is 227 g/mol. The molecule has 0 radical (unpaired) electrons. The fourth-order valence-corrected chi connectivity index (χ4v) is 1.58. The highest BCUT2D eigenvalue weighted by Gasteiger charge is 2.15. The molecule has 2 heterocycles. The first-order valence-corrected chi connectivity index (χ1v) is 4.64. The van der Waals surface area contributed by atoms with Crippen LogP contribution in [-0.2, 0) is 4.74 Å². The quantitative estimate of drug-likeness (QED) is 0.729. The molecule has 7 heteroatoms. The van der Waals surface area contributed by atoms with Gasteiger partial charge in [-0.15, -0.1) is 3.89 Å². The molecule has 0 amide bonds. The lowest BCUT2D eigenvalue weighted by Gasteiger charge is -2.01. The maximum absolute atomic E-state index is 12.5. The van der Waals surface area contributed by atoms with Crippen LogP contribution in [0.1, 0.15) is 10.4 Å². The summed E-state index contributed by atoms with van der Waals surface area (Å²) in [6.45, 7) is 0. The minimum Gasteiger partial charge on any atom is -0.465 e. The summed E-state index contributed by atoms with van der Waals surface area (Å²) < 4.78 is 18.2. The first-order valence-electron chi connectivity index (χ1n) is 3.97. The van der Waals surface area contributed by atoms with Crippen molar-refractivity contribution in [2.45, 2.75) is 0 Å². The van der Waals surface area contributed by atoms with Crippen LogP contribution in [0.25, 0.3) is 11.2 Å². The molecule has 0 spiro atoms. The second kappa shape index (κ2) is 3.85. The van der Waals surface area contributed by atoms with E-state index < -0.39 is 5.97 Å². The Bertz CT molecular complexity index is 514. The van der Waals surface area contributed by atoms with Gasteiger partial charge in [0.1, 0.15) is 11.8 Å². The molecule has 0 aliphatic carbocycles. The molecular weight excluding hydrogens is 221 g/mol. The number of ether oxygens (including phenoxy) is 1. The second-order valence-electron chi connectivity index (χ2n) is 2.66. The predicted molar refractivity (Wildman–Crippen MR) is 53.0 cm³/mol. The maximum atomic E-state index is 12.5. The number of aromatic nitrogens is 3. The molecule has 0 aromatic carbocycles. The monoisotopic (exact) mass is 227 g/mol. The van der Waals surface area contributed by atoms with E-state index >= 15 is 0 Å². The molecule has 0 bridgehead atoms. The lowest BCUT2D eigenvalue weighted by Crippen LogP contribution is -2.03. The molecule has 0 atom stereocenters. The van der Waals surface area contributed by atoms with Gasteiger partial charge in [-0.1, -0.05) is 0 Å². The van der Waals surface area contributed by atoms with E-state index in [1.165, 1.54) is 25.7 Å². The Labute approximate surface area is 88.7 Å². The number of hydrogen-bond acceptors (Lipinski definition) is 5. The van der Waals surface area contributed by atoms with Crippen LogP contribution in [0.4, 0.5) is 3.89 Å². The maximum Gasteiger partial charge on any atom is 0.340 e. The van der Waals surface area contributed by atoms with Gasteiger partial charge in [-0.2, -0.15) is 0 Å². The summed E-state index contributed by atoms with van der Waals surface area (Å²) in [5.74, 6) is -0.543. The molecule has 0 aliphatic rings. The summed E-state index contributed by atoms with van der Waals surface area (Å²) in [5, 5.41) is 0. The standard InChI is InChI=1S/C8H6FN3O2S/c1-14-8(13)5-2-3-10-7-6(5)12(15-9)4-11-7/h2-4H,1H3. The zero-order chi connectivity index (χ0) is 10.8. The first-order chi connectivity index (χ1) is 7.27. The summed E-state index contributed by atoms with van der Waals surface area (Å²) in [6, 6.07) is 1.46. The van der Waals surface area contributed by atoms with Crippen LogP contribution in [0.15, 0.2) is 18.6 Å². The van der Waals surface area contributed by atoms with E-state index in [2.05, 4.69) is 14.7 Å². The van der Waals surface area contributed by atoms with Gasteiger partial charge in [0.15, 0.2) is 18.0 Å². The van der Waals surface area contributed by atoms with E-state index in [9.17, 15) is 8.68 Å². The molecule has 0 saturated carbocycles. The van der Waals surface area contributed by atoms with Gasteiger partial charge < -0.3 is 4.74 Å². The van der Waals surface area contributed by atoms with E-state index in [-0.39, 0.29) is 17.9 Å². The second-order valence-corrected chi connectivity index (χ2v) is 3.19. The molecule has 2 aromatic heterocycles. The van der Waals surface area contributed by atoms with Crippen molar-refractivity contribution < 1.29 is 13.4 Å². The Hall–Kier alpha value is -1.63. The average Bonchev–Trinajstić information content (AvgIpc) is 2.70. The smallest absolute Gasteiger partial charge is 0.340 e. The number of esters is 1. The predicted octanol–water partition coefficient (Wildman–Crippen LogP) is 1.60. The third kappa shape index (κ3) is 1.54. The summed E-state index contributed by atoms with van der Waals surface area (Å²) in [6.07, 6.45) is 2.68. The number of imidazole rings is 1. The van der Waals surface area contributed by atoms with Gasteiger partial charge in [0.05, 0.1) is 12.7 Å². The molecule has 15 heavy (non-hydrogen) atoms. The molecule has 78 valence electrons. The number of halogens is 1. The third-order valence-corrected chi connectivity index (χ3v) is 2.32. The van der Waals surface area contributed by atoms with E-state index in [1.807, 2.05) is 0 Å². The fourth-order valence-electron chi connectivity index (χ4n) is 1.25. The van der Waals surface area contributed by atoms with E-state index in [4.69, 9.17) is 0 Å². The van der Waals surface area contributed by atoms with Gasteiger partial charge >= 0.3 is 5.97 Å². The van der Waals surface area contributed by atoms with Crippen molar-refractivity contribution in [1.82, 2.24) is 13.9 Å². The van der Waals surface area contributed by atoms with Crippen molar-refractivity contribution in [2.24, 2.45) is 0 Å². The van der Waals surface area contributed by atoms with Crippen molar-refractivity contribution in [2.75, 3.05) is 7.11 Å². The van der Waals surface area contributed by atoms with Gasteiger partial charge in [0.2, 0.25) is 0 Å². The van der Waals surface area contributed by atoms with Crippen LogP contribution in [0, 0.1) is 0 Å². The number of nitrogens with zero attached hydrogens (tertiary/aromatic N) is 3. The third-order valence-electron chi connectivity index (χ3n) is 1.89. The molecule has 0 unspecified atom stereocenters. The summed E-state index contributed by atoms with van der Waals surface area (Å²) >= 11 is -0.0466. The minimum absolute atomic E-state index is 0.0466. The van der Waals surface area contributed by atoms with Crippen molar-refractivity contribution in [3.8, 4) is 0 Å². The van der Waals surface area contributed by atoms with Crippen LogP contribution in [0.5, 0.6) is 0 Å². The summed E-state index contributed by atoms with van der Waals surface area (Å²) in [5.41, 5.74) is 0.866. The van der Waals surface area contributed by atoms with E-state index in [1.54, 1.807) is 0 Å². The first kappa shape index (κ1) is 9.91. The van der Waals surface area contributed by atoms with Crippen LogP contribution in [-0.4, -0.2) is 27.0 Å². The van der Waals surface area contributed by atoms with Gasteiger partial charge in [-0.05, 0) is 6.07 Å². The molecule has 0 N–H and O–H groups in total. The van der Waals surface area contributed by atoms with Crippen molar-refractivity contribution in [3.05, 3.63) is 24.2 Å². The zero-order valence-electron chi connectivity index (χ0n) is 7.68. The van der Waals surface area contributed by atoms with Gasteiger partial charge in [-0.25, -0.2) is 18.7 Å². The van der Waals surface area contributed by atoms with Crippen LogP contribution in [0.2, 0.25) is 0 Å². The highest BCUT2D eigenvalue weighted by molar-refractivity contribution is 7.92. The number of carbonyl (C=O) groups excluding carboxylic acids is 1. The van der Waals surface area contributed by atoms with Crippen molar-refractivity contribution in [1.29, 1.82) is 0 Å². The number of rotatable bonds is 2. The fraction of sp³-hybridized carbons (Fsp3) is 0.125. The molecule has 2 aromatic rings. The Kier molecular flexibility index (Phi) is 2.55. The largest absolute Gasteiger partial charge is 0.465 e. The Morgan fingerprint density at radius 3 is 3.07 bits per heavy atom. The van der Waals surface area contributed by atoms with Crippen LogP contribution >= 0.6 is 12.3 Å². The van der Waals surface area contributed by atoms with Gasteiger partial charge in [0, 0.05) is 6.20 Å². The van der Waals surface area contributed by atoms with Gasteiger partial charge in [0.25, 0.3) is 0 Å².